The summed E-state index contributed by atoms with van der Waals surface area (Å²) in [5, 5.41) is 20.9. The highest BCUT2D eigenvalue weighted by molar-refractivity contribution is 5.93. The first-order valence-electron chi connectivity index (χ1n) is 21.1. The van der Waals surface area contributed by atoms with E-state index in [0.29, 0.717) is 84.3 Å². The van der Waals surface area contributed by atoms with Gasteiger partial charge in [-0.25, -0.2) is 29.5 Å². The molecule has 65 heavy (non-hydrogen) atoms. The van der Waals surface area contributed by atoms with E-state index in [1.165, 1.54) is 51.1 Å². The number of nitrogens with two attached hydrogens (primary N) is 1. The molecule has 6 heterocycles. The number of likely N-dealkylation sites (tertiary alicyclic amines) is 1. The molecule has 0 radical (unpaired) electrons. The SMILES string of the molecule is COc1cc(C(=O)N2CCC(c3cnc(N)cc3OC)CC2)ncc1OCC1CC1.COc1cc(C(=O)O)ncc1C1CCNCC1.COc1cc(C(=O)O)ncc1OCC1CC1.Cl.Cl. The van der Waals surface area contributed by atoms with E-state index in [-0.39, 0.29) is 48.0 Å². The highest BCUT2D eigenvalue weighted by Crippen LogP contribution is 2.37. The van der Waals surface area contributed by atoms with Gasteiger partial charge >= 0.3 is 11.9 Å². The van der Waals surface area contributed by atoms with Gasteiger partial charge in [0.15, 0.2) is 34.4 Å². The zero-order chi connectivity index (χ0) is 44.9. The van der Waals surface area contributed by atoms with Crippen LogP contribution in [-0.4, -0.2) is 121 Å². The molecule has 20 heteroatoms. The number of aromatic carboxylic acids is 2. The normalized spacial score (nSPS) is 15.8. The molecule has 4 aliphatic rings. The van der Waals surface area contributed by atoms with Gasteiger partial charge in [-0.1, -0.05) is 0 Å². The van der Waals surface area contributed by atoms with Crippen molar-refractivity contribution in [2.24, 2.45) is 11.8 Å². The van der Waals surface area contributed by atoms with Gasteiger partial charge in [0.2, 0.25) is 0 Å². The average molecular weight is 945 g/mol. The summed E-state index contributed by atoms with van der Waals surface area (Å²) in [6, 6.07) is 6.28. The van der Waals surface area contributed by atoms with Crippen molar-refractivity contribution in [2.75, 3.05) is 73.6 Å². The third-order valence-corrected chi connectivity index (χ3v) is 11.4. The smallest absolute Gasteiger partial charge is 0.354 e. The standard InChI is InChI=1S/C22H28N4O4.C12H16N2O3.C11H13NO4.2ClH/c1-28-18-10-21(23)25-11-16(18)15-5-7-26(8-6-15)22(27)17-9-19(29-2)20(12-24-17)30-13-14-3-4-14;1-17-11-6-10(12(15)16)14-7-9(11)8-2-4-13-5-3-8;1-15-9-4-8(11(13)14)12-5-10(9)16-6-7-2-3-7;;/h9-12,14-15H,3-8,13H2,1-2H3,(H2,23,25);6-8,13H,2-5H2,1H3,(H,15,16);4-5,7H,2-3,6H2,1H3,(H,13,14);2*1H. The van der Waals surface area contributed by atoms with Crippen molar-refractivity contribution in [3.63, 3.8) is 0 Å². The van der Waals surface area contributed by atoms with Crippen LogP contribution in [0, 0.1) is 11.8 Å². The first-order valence-corrected chi connectivity index (χ1v) is 21.1. The third kappa shape index (κ3) is 14.6. The van der Waals surface area contributed by atoms with E-state index >= 15 is 0 Å². The number of rotatable bonds is 15. The number of nitrogens with zero attached hydrogens (tertiary/aromatic N) is 5. The van der Waals surface area contributed by atoms with Crippen molar-refractivity contribution < 1.29 is 53.0 Å². The lowest BCUT2D eigenvalue weighted by atomic mass is 9.89. The molecule has 2 saturated heterocycles. The number of carbonyl (C=O) groups excluding carboxylic acids is 1. The van der Waals surface area contributed by atoms with Gasteiger partial charge in [0.1, 0.15) is 23.0 Å². The van der Waals surface area contributed by atoms with Crippen LogP contribution >= 0.6 is 24.8 Å². The van der Waals surface area contributed by atoms with Crippen molar-refractivity contribution in [2.45, 2.75) is 63.2 Å². The van der Waals surface area contributed by atoms with Crippen LogP contribution in [0.3, 0.4) is 0 Å². The lowest BCUT2D eigenvalue weighted by Gasteiger charge is -2.32. The molecule has 0 aromatic carbocycles. The van der Waals surface area contributed by atoms with E-state index in [1.807, 2.05) is 4.90 Å². The molecule has 2 aliphatic heterocycles. The van der Waals surface area contributed by atoms with E-state index < -0.39 is 11.9 Å². The number of methoxy groups -OCH3 is 4. The van der Waals surface area contributed by atoms with Gasteiger partial charge in [-0.05, 0) is 88.1 Å². The van der Waals surface area contributed by atoms with Crippen LogP contribution in [0.2, 0.25) is 0 Å². The molecule has 4 aromatic rings. The van der Waals surface area contributed by atoms with E-state index in [9.17, 15) is 14.4 Å². The van der Waals surface area contributed by atoms with E-state index in [2.05, 4.69) is 25.3 Å². The quantitative estimate of drug-likeness (QED) is 0.0986. The highest BCUT2D eigenvalue weighted by Gasteiger charge is 2.29. The van der Waals surface area contributed by atoms with Gasteiger partial charge in [-0.3, -0.25) is 4.79 Å². The van der Waals surface area contributed by atoms with E-state index in [4.69, 9.17) is 44.4 Å². The zero-order valence-electron chi connectivity index (χ0n) is 37.0. The molecule has 8 rings (SSSR count). The maximum atomic E-state index is 13.0. The van der Waals surface area contributed by atoms with Crippen molar-refractivity contribution >= 4 is 48.5 Å². The first-order chi connectivity index (χ1) is 30.5. The maximum absolute atomic E-state index is 13.0. The fourth-order valence-electron chi connectivity index (χ4n) is 7.29. The molecule has 0 spiro atoms. The molecule has 0 atom stereocenters. The van der Waals surface area contributed by atoms with Gasteiger partial charge in [-0.2, -0.15) is 0 Å². The fraction of sp³-hybridized carbons (Fsp3) is 0.489. The second kappa shape index (κ2) is 25.0. The Hall–Kier alpha value is -5.85. The second-order valence-corrected chi connectivity index (χ2v) is 15.8. The molecule has 354 valence electrons. The summed E-state index contributed by atoms with van der Waals surface area (Å²) < 4.78 is 32.5. The van der Waals surface area contributed by atoms with E-state index in [1.54, 1.807) is 52.1 Å². The number of amides is 1. The Morgan fingerprint density at radius 2 is 1.00 bits per heavy atom. The summed E-state index contributed by atoms with van der Waals surface area (Å²) in [6.07, 6.45) is 14.9. The van der Waals surface area contributed by atoms with Crippen LogP contribution in [0.15, 0.2) is 49.1 Å². The number of carbonyl (C=O) groups is 3. The Balaban J connectivity index is 0.000000226. The minimum atomic E-state index is -1.08. The largest absolute Gasteiger partial charge is 0.496 e. The number of carboxylic acids is 2. The molecular weight excluding hydrogens is 885 g/mol. The Morgan fingerprint density at radius 1 is 0.585 bits per heavy atom. The van der Waals surface area contributed by atoms with Gasteiger partial charge in [0.25, 0.3) is 5.91 Å². The predicted molar refractivity (Wildman–Crippen MR) is 245 cm³/mol. The Kier molecular flexibility index (Phi) is 19.9. The van der Waals surface area contributed by atoms with Crippen LogP contribution in [0.4, 0.5) is 5.82 Å². The number of hydrogen-bond donors (Lipinski definition) is 4. The summed E-state index contributed by atoms with van der Waals surface area (Å²) in [4.78, 5) is 52.6. The van der Waals surface area contributed by atoms with Crippen molar-refractivity contribution in [1.82, 2.24) is 30.2 Å². The third-order valence-electron chi connectivity index (χ3n) is 11.4. The topological polar surface area (TPSA) is 240 Å². The van der Waals surface area contributed by atoms with Crippen molar-refractivity contribution in [3.8, 4) is 34.5 Å². The molecule has 2 aliphatic carbocycles. The van der Waals surface area contributed by atoms with Crippen molar-refractivity contribution in [1.29, 1.82) is 0 Å². The Labute approximate surface area is 390 Å². The monoisotopic (exact) mass is 943 g/mol. The number of aromatic nitrogens is 4. The lowest BCUT2D eigenvalue weighted by molar-refractivity contribution is 0.0679. The van der Waals surface area contributed by atoms with Gasteiger partial charge in [0.05, 0.1) is 54.0 Å². The highest BCUT2D eigenvalue weighted by atomic mass is 35.5. The van der Waals surface area contributed by atoms with Crippen LogP contribution in [0.5, 0.6) is 34.5 Å². The molecule has 2 saturated carbocycles. The van der Waals surface area contributed by atoms with Crippen LogP contribution in [0.1, 0.15) is 106 Å². The zero-order valence-corrected chi connectivity index (χ0v) is 38.7. The van der Waals surface area contributed by atoms with Crippen LogP contribution in [-0.2, 0) is 0 Å². The minimum absolute atomic E-state index is 0. The molecule has 1 amide bonds. The Bertz CT molecular complexity index is 2200. The van der Waals surface area contributed by atoms with Crippen molar-refractivity contribution in [3.05, 3.63) is 77.3 Å². The first kappa shape index (κ1) is 51.8. The lowest BCUT2D eigenvalue weighted by Crippen LogP contribution is -2.38. The maximum Gasteiger partial charge on any atom is 0.354 e. The number of nitrogens with one attached hydrogen (secondary N) is 1. The van der Waals surface area contributed by atoms with E-state index in [0.717, 1.165) is 55.6 Å². The fourth-order valence-corrected chi connectivity index (χ4v) is 7.29. The predicted octanol–water partition coefficient (Wildman–Crippen LogP) is 6.56. The average Bonchev–Trinajstić information content (AvgIpc) is 4.27. The van der Waals surface area contributed by atoms with Gasteiger partial charge in [-0.15, -0.1) is 24.8 Å². The molecule has 4 fully saturated rings. The number of hydrogen-bond acceptors (Lipinski definition) is 15. The second-order valence-electron chi connectivity index (χ2n) is 15.8. The number of halogens is 2. The number of piperidine rings is 2. The summed E-state index contributed by atoms with van der Waals surface area (Å²) in [5.41, 5.74) is 8.16. The number of pyridine rings is 4. The number of nitrogen functional groups attached to an aromatic ring is 1. The summed E-state index contributed by atoms with van der Waals surface area (Å²) in [5.74, 6) is 3.60. The molecule has 5 N–H and O–H groups in total. The molecule has 18 nitrogen and oxygen atoms in total. The summed E-state index contributed by atoms with van der Waals surface area (Å²) >= 11 is 0. The minimum Gasteiger partial charge on any atom is -0.496 e. The molecule has 0 unspecified atom stereocenters. The molecular formula is C45H59Cl2N7O11. The van der Waals surface area contributed by atoms with Crippen LogP contribution in [0.25, 0.3) is 0 Å². The van der Waals surface area contributed by atoms with Gasteiger partial charge in [0, 0.05) is 60.9 Å². The van der Waals surface area contributed by atoms with Crippen LogP contribution < -0.4 is 39.5 Å². The van der Waals surface area contributed by atoms with Gasteiger partial charge < -0.3 is 54.6 Å². The molecule has 4 aromatic heterocycles. The number of carboxylic acid groups (broad SMARTS) is 2. The summed E-state index contributed by atoms with van der Waals surface area (Å²) in [6.45, 7) is 4.55. The number of ether oxygens (including phenoxy) is 6. The number of anilines is 1. The Morgan fingerprint density at radius 3 is 1.48 bits per heavy atom. The molecule has 0 bridgehead atoms. The summed E-state index contributed by atoms with van der Waals surface area (Å²) in [7, 11) is 6.25.